The van der Waals surface area contributed by atoms with Crippen LogP contribution in [0.5, 0.6) is 0 Å². The molecule has 1 aliphatic heterocycles. The van der Waals surface area contributed by atoms with Crippen molar-refractivity contribution < 1.29 is 28.4 Å². The van der Waals surface area contributed by atoms with Crippen LogP contribution in [0, 0.1) is 0 Å². The van der Waals surface area contributed by atoms with Gasteiger partial charge in [-0.3, -0.25) is 4.68 Å². The molecule has 0 radical (unpaired) electrons. The van der Waals surface area contributed by atoms with Gasteiger partial charge in [-0.15, -0.1) is 0 Å². The highest BCUT2D eigenvalue weighted by Gasteiger charge is 2.53. The summed E-state index contributed by atoms with van der Waals surface area (Å²) in [4.78, 5) is 24.8. The zero-order valence-electron chi connectivity index (χ0n) is 19.8. The molecule has 2 fully saturated rings. The number of carbonyl (C=O) groups excluding carboxylic acids is 2. The number of ether oxygens (including phenoxy) is 2. The highest BCUT2D eigenvalue weighted by atomic mass is 16.7. The topological polar surface area (TPSA) is 101 Å². The van der Waals surface area contributed by atoms with Crippen molar-refractivity contribution in [1.29, 1.82) is 0 Å². The van der Waals surface area contributed by atoms with Crippen LogP contribution in [0.2, 0.25) is 0 Å². The Kier molecular flexibility index (Phi) is 5.95. The van der Waals surface area contributed by atoms with Gasteiger partial charge >= 0.3 is 19.2 Å². The monoisotopic (exact) mass is 435 g/mol. The van der Waals surface area contributed by atoms with E-state index < -0.39 is 41.5 Å². The van der Waals surface area contributed by atoms with Crippen LogP contribution in [-0.4, -0.2) is 58.4 Å². The van der Waals surface area contributed by atoms with Gasteiger partial charge in [0.05, 0.1) is 36.0 Å². The quantitative estimate of drug-likeness (QED) is 0.560. The molecule has 9 nitrogen and oxygen atoms in total. The number of methoxy groups -OCH3 is 1. The fourth-order valence-corrected chi connectivity index (χ4v) is 3.64. The van der Waals surface area contributed by atoms with Gasteiger partial charge in [0.15, 0.2) is 0 Å². The van der Waals surface area contributed by atoms with E-state index in [2.05, 4.69) is 10.4 Å². The summed E-state index contributed by atoms with van der Waals surface area (Å²) in [6.07, 6.45) is 2.01. The molecule has 1 amide bonds. The van der Waals surface area contributed by atoms with Gasteiger partial charge in [-0.25, -0.2) is 9.59 Å². The Labute approximate surface area is 184 Å². The SMILES string of the molecule is COC(=O)c1cc(B2OC(C)(C)C(C)(C)O2)nn1CC1(NC(=O)OC(C)(C)C)CCC1. The van der Waals surface area contributed by atoms with Crippen molar-refractivity contribution in [3.05, 3.63) is 11.8 Å². The molecule has 0 unspecified atom stereocenters. The Hall–Kier alpha value is -2.07. The maximum atomic E-state index is 12.4. The third kappa shape index (κ3) is 4.90. The number of amides is 1. The van der Waals surface area contributed by atoms with Crippen LogP contribution in [0.1, 0.15) is 78.2 Å². The van der Waals surface area contributed by atoms with E-state index in [-0.39, 0.29) is 5.69 Å². The van der Waals surface area contributed by atoms with Crippen molar-refractivity contribution in [2.45, 2.75) is 96.6 Å². The largest absolute Gasteiger partial charge is 0.516 e. The summed E-state index contributed by atoms with van der Waals surface area (Å²) < 4.78 is 24.1. The van der Waals surface area contributed by atoms with Crippen molar-refractivity contribution in [3.63, 3.8) is 0 Å². The second-order valence-electron chi connectivity index (χ2n) is 10.5. The second-order valence-corrected chi connectivity index (χ2v) is 10.5. The van der Waals surface area contributed by atoms with Gasteiger partial charge in [-0.2, -0.15) is 5.10 Å². The molecule has 172 valence electrons. The minimum absolute atomic E-state index is 0.282. The number of carbonyl (C=O) groups is 2. The van der Waals surface area contributed by atoms with E-state index in [1.54, 1.807) is 10.7 Å². The number of aromatic nitrogens is 2. The maximum absolute atomic E-state index is 12.4. The van der Waals surface area contributed by atoms with Crippen LogP contribution >= 0.6 is 0 Å². The van der Waals surface area contributed by atoms with Gasteiger partial charge in [-0.05, 0) is 73.8 Å². The van der Waals surface area contributed by atoms with Crippen molar-refractivity contribution in [1.82, 2.24) is 15.1 Å². The fraction of sp³-hybridized carbons (Fsp3) is 0.762. The zero-order chi connectivity index (χ0) is 23.2. The zero-order valence-corrected chi connectivity index (χ0v) is 19.8. The maximum Gasteiger partial charge on any atom is 0.516 e. The molecule has 31 heavy (non-hydrogen) atoms. The molecule has 0 spiro atoms. The van der Waals surface area contributed by atoms with Gasteiger partial charge in [0.25, 0.3) is 0 Å². The summed E-state index contributed by atoms with van der Waals surface area (Å²) in [5.74, 6) is -0.512. The summed E-state index contributed by atoms with van der Waals surface area (Å²) in [5.41, 5.74) is -1.41. The van der Waals surface area contributed by atoms with Crippen LogP contribution < -0.4 is 10.9 Å². The highest BCUT2D eigenvalue weighted by molar-refractivity contribution is 6.61. The first-order valence-electron chi connectivity index (χ1n) is 10.7. The smallest absolute Gasteiger partial charge is 0.464 e. The van der Waals surface area contributed by atoms with Crippen LogP contribution in [-0.2, 0) is 25.3 Å². The molecule has 3 rings (SSSR count). The van der Waals surface area contributed by atoms with E-state index in [1.165, 1.54) is 7.11 Å². The second kappa shape index (κ2) is 7.81. The minimum atomic E-state index is -0.703. The molecule has 1 aromatic rings. The molecule has 2 heterocycles. The lowest BCUT2D eigenvalue weighted by molar-refractivity contribution is 0.00578. The third-order valence-corrected chi connectivity index (χ3v) is 6.22. The molecular weight excluding hydrogens is 401 g/mol. The first kappa shape index (κ1) is 23.6. The first-order valence-corrected chi connectivity index (χ1v) is 10.7. The molecule has 10 heteroatoms. The van der Waals surface area contributed by atoms with Crippen molar-refractivity contribution in [2.24, 2.45) is 0 Å². The summed E-state index contributed by atoms with van der Waals surface area (Å²) in [5, 5.41) is 7.60. The average Bonchev–Trinajstić information content (AvgIpc) is 3.08. The molecule has 0 atom stereocenters. The predicted octanol–water partition coefficient (Wildman–Crippen LogP) is 2.42. The standard InChI is InChI=1S/C21H34BN3O6/c1-18(2,3)29-17(27)23-21(10-9-11-21)13-25-14(16(26)28-8)12-15(24-25)22-30-19(4,5)20(6,7)31-22/h12H,9-11,13H2,1-8H3,(H,23,27). The van der Waals surface area contributed by atoms with Crippen LogP contribution in [0.4, 0.5) is 4.79 Å². The summed E-state index contributed by atoms with van der Waals surface area (Å²) in [6.45, 7) is 13.6. The predicted molar refractivity (Wildman–Crippen MR) is 115 cm³/mol. The lowest BCUT2D eigenvalue weighted by atomic mass is 9.76. The number of alkyl carbamates (subject to hydrolysis) is 1. The Bertz CT molecular complexity index is 838. The molecule has 1 aromatic heterocycles. The first-order chi connectivity index (χ1) is 14.2. The van der Waals surface area contributed by atoms with E-state index in [0.29, 0.717) is 12.1 Å². The Balaban J connectivity index is 1.85. The van der Waals surface area contributed by atoms with Gasteiger partial charge < -0.3 is 24.1 Å². The molecule has 0 aromatic carbocycles. The Morgan fingerprint density at radius 3 is 2.23 bits per heavy atom. The molecule has 1 saturated carbocycles. The summed E-state index contributed by atoms with van der Waals surface area (Å²) in [7, 11) is 0.623. The van der Waals surface area contributed by atoms with Gasteiger partial charge in [0.1, 0.15) is 11.3 Å². The van der Waals surface area contributed by atoms with E-state index in [4.69, 9.17) is 18.8 Å². The number of esters is 1. The number of rotatable bonds is 5. The van der Waals surface area contributed by atoms with Gasteiger partial charge in [0, 0.05) is 0 Å². The van der Waals surface area contributed by atoms with Crippen molar-refractivity contribution >= 4 is 24.8 Å². The molecule has 1 saturated heterocycles. The average molecular weight is 435 g/mol. The third-order valence-electron chi connectivity index (χ3n) is 6.22. The summed E-state index contributed by atoms with van der Waals surface area (Å²) in [6, 6.07) is 1.63. The van der Waals surface area contributed by atoms with Gasteiger partial charge in [0.2, 0.25) is 0 Å². The number of nitrogens with zero attached hydrogens (tertiary/aromatic N) is 2. The van der Waals surface area contributed by atoms with Crippen LogP contribution in [0.15, 0.2) is 6.07 Å². The molecule has 1 N–H and O–H groups in total. The minimum Gasteiger partial charge on any atom is -0.464 e. The van der Waals surface area contributed by atoms with Crippen molar-refractivity contribution in [3.8, 4) is 0 Å². The highest BCUT2D eigenvalue weighted by Crippen LogP contribution is 2.37. The van der Waals surface area contributed by atoms with E-state index in [0.717, 1.165) is 19.3 Å². The van der Waals surface area contributed by atoms with Crippen molar-refractivity contribution in [2.75, 3.05) is 7.11 Å². The fourth-order valence-electron chi connectivity index (χ4n) is 3.64. The lowest BCUT2D eigenvalue weighted by Gasteiger charge is -2.42. The number of hydrogen-bond donors (Lipinski definition) is 1. The Morgan fingerprint density at radius 2 is 1.77 bits per heavy atom. The van der Waals surface area contributed by atoms with E-state index in [9.17, 15) is 9.59 Å². The van der Waals surface area contributed by atoms with Crippen LogP contribution in [0.25, 0.3) is 0 Å². The number of hydrogen-bond acceptors (Lipinski definition) is 7. The number of nitrogens with one attached hydrogen (secondary N) is 1. The van der Waals surface area contributed by atoms with E-state index in [1.807, 2.05) is 48.5 Å². The molecule has 2 aliphatic rings. The molecule has 1 aliphatic carbocycles. The lowest BCUT2D eigenvalue weighted by Crippen LogP contribution is -2.57. The Morgan fingerprint density at radius 1 is 1.19 bits per heavy atom. The molecule has 0 bridgehead atoms. The van der Waals surface area contributed by atoms with Crippen LogP contribution in [0.3, 0.4) is 0 Å². The van der Waals surface area contributed by atoms with Gasteiger partial charge in [-0.1, -0.05) is 0 Å². The summed E-state index contributed by atoms with van der Waals surface area (Å²) >= 11 is 0. The van der Waals surface area contributed by atoms with E-state index >= 15 is 0 Å². The molecular formula is C21H34BN3O6. The normalized spacial score (nSPS) is 21.4.